The molecule has 1 aliphatic rings. The lowest BCUT2D eigenvalue weighted by Crippen LogP contribution is -2.31. The summed E-state index contributed by atoms with van der Waals surface area (Å²) in [6, 6.07) is 20.8. The van der Waals surface area contributed by atoms with Crippen LogP contribution in [0.4, 0.5) is 0 Å². The predicted octanol–water partition coefficient (Wildman–Crippen LogP) is 4.38. The summed E-state index contributed by atoms with van der Waals surface area (Å²) in [6.45, 7) is 0.288. The molecule has 4 rings (SSSR count). The van der Waals surface area contributed by atoms with Gasteiger partial charge in [-0.05, 0) is 53.9 Å². The highest BCUT2D eigenvalue weighted by molar-refractivity contribution is 6.46. The Balaban J connectivity index is 1.77. The number of aliphatic hydroxyl groups excluding tert-OH is 1. The fourth-order valence-corrected chi connectivity index (χ4v) is 4.27. The van der Waals surface area contributed by atoms with Crippen LogP contribution < -0.4 is 14.2 Å². The van der Waals surface area contributed by atoms with Crippen molar-refractivity contribution in [1.82, 2.24) is 4.90 Å². The Hall–Kier alpha value is -4.26. The molecular weight excluding hydrogens is 446 g/mol. The second kappa shape index (κ2) is 10.3. The molecule has 0 aliphatic carbocycles. The van der Waals surface area contributed by atoms with Gasteiger partial charge in [-0.1, -0.05) is 36.4 Å². The highest BCUT2D eigenvalue weighted by Crippen LogP contribution is 2.41. The molecule has 1 heterocycles. The number of rotatable bonds is 8. The lowest BCUT2D eigenvalue weighted by atomic mass is 9.94. The third kappa shape index (κ3) is 4.71. The van der Waals surface area contributed by atoms with Crippen LogP contribution in [0.15, 0.2) is 78.4 Å². The van der Waals surface area contributed by atoms with Gasteiger partial charge in [-0.3, -0.25) is 9.59 Å². The zero-order valence-electron chi connectivity index (χ0n) is 19.9. The Morgan fingerprint density at radius 3 is 2.03 bits per heavy atom. The van der Waals surface area contributed by atoms with Gasteiger partial charge in [-0.15, -0.1) is 0 Å². The predicted molar refractivity (Wildman–Crippen MR) is 132 cm³/mol. The van der Waals surface area contributed by atoms with Crippen molar-refractivity contribution in [3.05, 3.63) is 95.1 Å². The molecule has 1 N–H and O–H groups in total. The topological polar surface area (TPSA) is 85.3 Å². The molecule has 0 aromatic heterocycles. The molecule has 1 saturated heterocycles. The number of carbonyl (C=O) groups is 2. The van der Waals surface area contributed by atoms with Crippen LogP contribution in [0, 0.1) is 0 Å². The lowest BCUT2D eigenvalue weighted by molar-refractivity contribution is -0.139. The Bertz CT molecular complexity index is 1250. The molecule has 1 amide bonds. The standard InChI is InChI=1S/C28H27NO6/c1-33-20-12-8-18(9-13-20)16-17-29-25(19-10-14-21(34-2)15-11-19)24(27(31)28(29)32)26(30)22-6-4-5-7-23(22)35-3/h4-15,25,30H,16-17H2,1-3H3/b26-24-. The molecule has 0 bridgehead atoms. The van der Waals surface area contributed by atoms with Crippen molar-refractivity contribution in [3.8, 4) is 17.2 Å². The normalized spacial score (nSPS) is 16.9. The van der Waals surface area contributed by atoms with E-state index in [1.54, 1.807) is 62.8 Å². The van der Waals surface area contributed by atoms with Crippen LogP contribution in [0.1, 0.15) is 22.7 Å². The molecule has 3 aromatic carbocycles. The fourth-order valence-electron chi connectivity index (χ4n) is 4.27. The Morgan fingerprint density at radius 2 is 1.43 bits per heavy atom. The summed E-state index contributed by atoms with van der Waals surface area (Å²) in [4.78, 5) is 27.9. The SMILES string of the molecule is COc1ccc(CCN2C(=O)C(=O)/C(=C(\O)c3ccccc3OC)C2c2ccc(OC)cc2)cc1. The molecule has 1 unspecified atom stereocenters. The Labute approximate surface area is 204 Å². The van der Waals surface area contributed by atoms with E-state index in [2.05, 4.69) is 0 Å². The van der Waals surface area contributed by atoms with E-state index in [1.807, 2.05) is 24.3 Å². The van der Waals surface area contributed by atoms with E-state index in [1.165, 1.54) is 12.0 Å². The second-order valence-corrected chi connectivity index (χ2v) is 8.06. The van der Waals surface area contributed by atoms with Crippen LogP contribution in [0.3, 0.4) is 0 Å². The molecule has 1 aliphatic heterocycles. The molecule has 3 aromatic rings. The average molecular weight is 474 g/mol. The van der Waals surface area contributed by atoms with Gasteiger partial charge >= 0.3 is 0 Å². The van der Waals surface area contributed by atoms with E-state index >= 15 is 0 Å². The highest BCUT2D eigenvalue weighted by Gasteiger charge is 2.46. The monoisotopic (exact) mass is 473 g/mol. The van der Waals surface area contributed by atoms with Crippen molar-refractivity contribution >= 4 is 17.4 Å². The quantitative estimate of drug-likeness (QED) is 0.297. The van der Waals surface area contributed by atoms with Gasteiger partial charge in [-0.2, -0.15) is 0 Å². The van der Waals surface area contributed by atoms with Crippen molar-refractivity contribution in [2.24, 2.45) is 0 Å². The van der Waals surface area contributed by atoms with Crippen molar-refractivity contribution in [2.45, 2.75) is 12.5 Å². The van der Waals surface area contributed by atoms with Gasteiger partial charge in [0, 0.05) is 6.54 Å². The number of ether oxygens (including phenoxy) is 3. The maximum atomic E-state index is 13.2. The number of carbonyl (C=O) groups excluding carboxylic acids is 2. The summed E-state index contributed by atoms with van der Waals surface area (Å²) in [7, 11) is 4.66. The minimum Gasteiger partial charge on any atom is -0.507 e. The van der Waals surface area contributed by atoms with Crippen LogP contribution >= 0.6 is 0 Å². The molecule has 0 radical (unpaired) electrons. The van der Waals surface area contributed by atoms with E-state index in [4.69, 9.17) is 14.2 Å². The highest BCUT2D eigenvalue weighted by atomic mass is 16.5. The van der Waals surface area contributed by atoms with Crippen molar-refractivity contribution in [1.29, 1.82) is 0 Å². The van der Waals surface area contributed by atoms with E-state index in [0.29, 0.717) is 29.0 Å². The molecule has 7 heteroatoms. The van der Waals surface area contributed by atoms with E-state index in [-0.39, 0.29) is 17.9 Å². The van der Waals surface area contributed by atoms with Crippen LogP contribution in [-0.4, -0.2) is 49.6 Å². The number of hydrogen-bond donors (Lipinski definition) is 1. The zero-order valence-corrected chi connectivity index (χ0v) is 19.9. The van der Waals surface area contributed by atoms with Gasteiger partial charge in [0.15, 0.2) is 0 Å². The largest absolute Gasteiger partial charge is 0.507 e. The van der Waals surface area contributed by atoms with Crippen molar-refractivity contribution in [3.63, 3.8) is 0 Å². The average Bonchev–Trinajstić information content (AvgIpc) is 3.16. The summed E-state index contributed by atoms with van der Waals surface area (Å²) in [5, 5.41) is 11.3. The lowest BCUT2D eigenvalue weighted by Gasteiger charge is -2.25. The molecule has 35 heavy (non-hydrogen) atoms. The number of nitrogens with zero attached hydrogens (tertiary/aromatic N) is 1. The van der Waals surface area contributed by atoms with Gasteiger partial charge in [-0.25, -0.2) is 0 Å². The Morgan fingerprint density at radius 1 is 0.829 bits per heavy atom. The van der Waals surface area contributed by atoms with Gasteiger partial charge in [0.25, 0.3) is 11.7 Å². The summed E-state index contributed by atoms with van der Waals surface area (Å²) in [5.74, 6) is 0.133. The number of amides is 1. The zero-order chi connectivity index (χ0) is 24.9. The maximum absolute atomic E-state index is 13.2. The summed E-state index contributed by atoms with van der Waals surface area (Å²) < 4.78 is 15.9. The number of methoxy groups -OCH3 is 3. The Kier molecular flexibility index (Phi) is 7.06. The first-order chi connectivity index (χ1) is 17.0. The van der Waals surface area contributed by atoms with Gasteiger partial charge in [0.2, 0.25) is 0 Å². The molecule has 1 fully saturated rings. The minimum absolute atomic E-state index is 0.0272. The number of Topliss-reactive ketones (excluding diaryl/α,β-unsaturated/α-hetero) is 1. The molecule has 0 spiro atoms. The molecule has 0 saturated carbocycles. The van der Waals surface area contributed by atoms with Gasteiger partial charge in [0.05, 0.1) is 38.5 Å². The van der Waals surface area contributed by atoms with Crippen molar-refractivity contribution in [2.75, 3.05) is 27.9 Å². The molecular formula is C28H27NO6. The first kappa shape index (κ1) is 23.9. The molecule has 1 atom stereocenters. The van der Waals surface area contributed by atoms with Crippen LogP contribution in [0.5, 0.6) is 17.2 Å². The first-order valence-electron chi connectivity index (χ1n) is 11.2. The second-order valence-electron chi connectivity index (χ2n) is 8.06. The third-order valence-corrected chi connectivity index (χ3v) is 6.13. The fraction of sp³-hybridized carbons (Fsp3) is 0.214. The van der Waals surface area contributed by atoms with Gasteiger partial charge in [0.1, 0.15) is 23.0 Å². The number of benzene rings is 3. The van der Waals surface area contributed by atoms with E-state index < -0.39 is 17.7 Å². The molecule has 180 valence electrons. The van der Waals surface area contributed by atoms with Crippen LogP contribution in [0.25, 0.3) is 5.76 Å². The van der Waals surface area contributed by atoms with E-state index in [9.17, 15) is 14.7 Å². The van der Waals surface area contributed by atoms with Gasteiger partial charge < -0.3 is 24.2 Å². The van der Waals surface area contributed by atoms with Crippen molar-refractivity contribution < 1.29 is 28.9 Å². The first-order valence-corrected chi connectivity index (χ1v) is 11.2. The summed E-state index contributed by atoms with van der Waals surface area (Å²) >= 11 is 0. The number of aliphatic hydroxyl groups is 1. The molecule has 7 nitrogen and oxygen atoms in total. The number of ketones is 1. The summed E-state index contributed by atoms with van der Waals surface area (Å²) in [5.41, 5.74) is 2.06. The smallest absolute Gasteiger partial charge is 0.295 e. The van der Waals surface area contributed by atoms with Crippen LogP contribution in [0.2, 0.25) is 0 Å². The number of likely N-dealkylation sites (tertiary alicyclic amines) is 1. The van der Waals surface area contributed by atoms with E-state index in [0.717, 1.165) is 11.3 Å². The maximum Gasteiger partial charge on any atom is 0.295 e. The number of hydrogen-bond acceptors (Lipinski definition) is 6. The van der Waals surface area contributed by atoms with Crippen LogP contribution in [-0.2, 0) is 16.0 Å². The summed E-state index contributed by atoms with van der Waals surface area (Å²) in [6.07, 6.45) is 0.526. The minimum atomic E-state index is -0.760. The third-order valence-electron chi connectivity index (χ3n) is 6.13. The number of para-hydroxylation sites is 1.